The van der Waals surface area contributed by atoms with Crippen LogP contribution < -0.4 is 15.4 Å². The fourth-order valence-corrected chi connectivity index (χ4v) is 3.80. The lowest BCUT2D eigenvalue weighted by Crippen LogP contribution is -2.45. The molecule has 1 aromatic heterocycles. The fraction of sp³-hybridized carbons (Fsp3) is 0.179. The van der Waals surface area contributed by atoms with E-state index in [1.54, 1.807) is 19.9 Å². The third-order valence-corrected chi connectivity index (χ3v) is 5.51. The second-order valence-corrected chi connectivity index (χ2v) is 9.02. The molecule has 4 aromatic rings. The van der Waals surface area contributed by atoms with Gasteiger partial charge in [0.15, 0.2) is 11.6 Å². The SMILES string of the molecule is CC(C)NC(=O)CN(CC(=O)Nc1ccc(Oc2ccc(F)c(F)c2)cc1)C(=O)c1cc2cccc(F)c2[nH]1. The Balaban J connectivity index is 1.45. The van der Waals surface area contributed by atoms with Gasteiger partial charge in [-0.15, -0.1) is 0 Å². The Morgan fingerprint density at radius 2 is 1.54 bits per heavy atom. The number of H-pyrrole nitrogens is 1. The van der Waals surface area contributed by atoms with E-state index in [0.717, 1.165) is 17.0 Å². The lowest BCUT2D eigenvalue weighted by Gasteiger charge is -2.22. The van der Waals surface area contributed by atoms with Crippen LogP contribution in [-0.2, 0) is 9.59 Å². The summed E-state index contributed by atoms with van der Waals surface area (Å²) in [6.45, 7) is 2.66. The average molecular weight is 539 g/mol. The van der Waals surface area contributed by atoms with Crippen molar-refractivity contribution in [1.82, 2.24) is 15.2 Å². The minimum absolute atomic E-state index is 0.0268. The van der Waals surface area contributed by atoms with Gasteiger partial charge in [-0.1, -0.05) is 12.1 Å². The summed E-state index contributed by atoms with van der Waals surface area (Å²) < 4.78 is 46.1. The molecule has 4 rings (SSSR count). The lowest BCUT2D eigenvalue weighted by atomic mass is 10.2. The molecule has 3 aromatic carbocycles. The van der Waals surface area contributed by atoms with Crippen LogP contribution in [0.4, 0.5) is 18.9 Å². The van der Waals surface area contributed by atoms with Gasteiger partial charge < -0.3 is 25.3 Å². The maximum atomic E-state index is 14.1. The molecule has 0 aliphatic carbocycles. The van der Waals surface area contributed by atoms with Crippen molar-refractivity contribution in [2.24, 2.45) is 0 Å². The largest absolute Gasteiger partial charge is 0.457 e. The van der Waals surface area contributed by atoms with Gasteiger partial charge in [0.05, 0.1) is 5.52 Å². The molecule has 11 heteroatoms. The van der Waals surface area contributed by atoms with E-state index in [1.807, 2.05) is 0 Å². The van der Waals surface area contributed by atoms with Crippen LogP contribution in [0, 0.1) is 17.5 Å². The van der Waals surface area contributed by atoms with E-state index in [-0.39, 0.29) is 23.0 Å². The van der Waals surface area contributed by atoms with Crippen molar-refractivity contribution in [3.05, 3.63) is 89.9 Å². The summed E-state index contributed by atoms with van der Waals surface area (Å²) in [5.41, 5.74) is 0.533. The number of carbonyl (C=O) groups is 3. The zero-order valence-electron chi connectivity index (χ0n) is 21.1. The number of carbonyl (C=O) groups excluding carboxylic acids is 3. The van der Waals surface area contributed by atoms with Gasteiger partial charge in [-0.05, 0) is 62.4 Å². The van der Waals surface area contributed by atoms with E-state index in [0.29, 0.717) is 16.8 Å². The molecule has 0 spiro atoms. The quantitative estimate of drug-likeness (QED) is 0.280. The van der Waals surface area contributed by atoms with E-state index < -0.39 is 48.3 Å². The number of benzene rings is 3. The fourth-order valence-electron chi connectivity index (χ4n) is 3.80. The van der Waals surface area contributed by atoms with Gasteiger partial charge in [-0.2, -0.15) is 0 Å². The summed E-state index contributed by atoms with van der Waals surface area (Å²) in [7, 11) is 0. The third-order valence-electron chi connectivity index (χ3n) is 5.51. The van der Waals surface area contributed by atoms with Crippen molar-refractivity contribution < 1.29 is 32.3 Å². The number of hydrogen-bond donors (Lipinski definition) is 3. The first-order valence-electron chi connectivity index (χ1n) is 12.0. The Kier molecular flexibility index (Phi) is 8.18. The van der Waals surface area contributed by atoms with E-state index in [2.05, 4.69) is 15.6 Å². The maximum absolute atomic E-state index is 14.1. The monoisotopic (exact) mass is 538 g/mol. The molecule has 0 unspecified atom stereocenters. The number of ether oxygens (including phenoxy) is 1. The summed E-state index contributed by atoms with van der Waals surface area (Å²) in [4.78, 5) is 42.3. The first kappa shape index (κ1) is 27.2. The zero-order chi connectivity index (χ0) is 28.1. The lowest BCUT2D eigenvalue weighted by molar-refractivity contribution is -0.123. The van der Waals surface area contributed by atoms with Crippen LogP contribution in [0.2, 0.25) is 0 Å². The van der Waals surface area contributed by atoms with Crippen molar-refractivity contribution in [3.8, 4) is 11.5 Å². The molecule has 3 N–H and O–H groups in total. The van der Waals surface area contributed by atoms with Crippen molar-refractivity contribution in [2.75, 3.05) is 18.4 Å². The van der Waals surface area contributed by atoms with Gasteiger partial charge in [-0.25, -0.2) is 13.2 Å². The van der Waals surface area contributed by atoms with Gasteiger partial charge in [0.25, 0.3) is 5.91 Å². The van der Waals surface area contributed by atoms with Gasteiger partial charge in [0.1, 0.15) is 36.1 Å². The molecule has 0 saturated heterocycles. The van der Waals surface area contributed by atoms with Crippen LogP contribution in [-0.4, -0.2) is 46.7 Å². The maximum Gasteiger partial charge on any atom is 0.271 e. The van der Waals surface area contributed by atoms with Crippen molar-refractivity contribution in [1.29, 1.82) is 0 Å². The molecule has 202 valence electrons. The smallest absolute Gasteiger partial charge is 0.271 e. The second-order valence-electron chi connectivity index (χ2n) is 9.02. The molecular formula is C28H25F3N4O4. The van der Waals surface area contributed by atoms with E-state index in [4.69, 9.17) is 4.74 Å². The highest BCUT2D eigenvalue weighted by Crippen LogP contribution is 2.25. The number of amides is 3. The normalized spacial score (nSPS) is 10.9. The molecule has 0 aliphatic rings. The Bertz CT molecular complexity index is 1520. The average Bonchev–Trinajstić information content (AvgIpc) is 3.32. The number of aromatic nitrogens is 1. The Hall–Kier alpha value is -4.80. The van der Waals surface area contributed by atoms with Gasteiger partial charge in [0, 0.05) is 23.2 Å². The summed E-state index contributed by atoms with van der Waals surface area (Å²) in [6, 6.07) is 14.9. The first-order valence-corrected chi connectivity index (χ1v) is 12.0. The molecule has 0 atom stereocenters. The van der Waals surface area contributed by atoms with Crippen LogP contribution in [0.3, 0.4) is 0 Å². The number of halogens is 3. The van der Waals surface area contributed by atoms with Crippen LogP contribution in [0.1, 0.15) is 24.3 Å². The summed E-state index contributed by atoms with van der Waals surface area (Å²) >= 11 is 0. The molecular weight excluding hydrogens is 513 g/mol. The molecule has 1 heterocycles. The van der Waals surface area contributed by atoms with E-state index >= 15 is 0 Å². The summed E-state index contributed by atoms with van der Waals surface area (Å²) in [5.74, 6) is -3.88. The molecule has 39 heavy (non-hydrogen) atoms. The molecule has 0 aliphatic heterocycles. The highest BCUT2D eigenvalue weighted by atomic mass is 19.2. The number of aromatic amines is 1. The summed E-state index contributed by atoms with van der Waals surface area (Å²) in [6.07, 6.45) is 0. The number of nitrogens with zero attached hydrogens (tertiary/aromatic N) is 1. The van der Waals surface area contributed by atoms with Crippen LogP contribution >= 0.6 is 0 Å². The molecule has 0 saturated carbocycles. The molecule has 3 amide bonds. The third kappa shape index (κ3) is 6.95. The topological polar surface area (TPSA) is 104 Å². The van der Waals surface area contributed by atoms with Crippen LogP contribution in [0.25, 0.3) is 10.9 Å². The van der Waals surface area contributed by atoms with Gasteiger partial charge in [-0.3, -0.25) is 14.4 Å². The molecule has 8 nitrogen and oxygen atoms in total. The van der Waals surface area contributed by atoms with E-state index in [1.165, 1.54) is 48.5 Å². The number of nitrogens with one attached hydrogen (secondary N) is 3. The Morgan fingerprint density at radius 1 is 0.846 bits per heavy atom. The number of hydrogen-bond acceptors (Lipinski definition) is 4. The van der Waals surface area contributed by atoms with Crippen molar-refractivity contribution in [3.63, 3.8) is 0 Å². The molecule has 0 radical (unpaired) electrons. The van der Waals surface area contributed by atoms with E-state index in [9.17, 15) is 27.6 Å². The van der Waals surface area contributed by atoms with Crippen molar-refractivity contribution >= 4 is 34.3 Å². The highest BCUT2D eigenvalue weighted by molar-refractivity contribution is 6.02. The van der Waals surface area contributed by atoms with Gasteiger partial charge in [0.2, 0.25) is 11.8 Å². The first-order chi connectivity index (χ1) is 18.6. The predicted octanol–water partition coefficient (Wildman–Crippen LogP) is 4.98. The summed E-state index contributed by atoms with van der Waals surface area (Å²) in [5, 5.41) is 5.79. The predicted molar refractivity (Wildman–Crippen MR) is 139 cm³/mol. The number of rotatable bonds is 9. The standard InChI is InChI=1S/C28H25F3N4O4/c1-16(2)32-25(36)14-35(28(38)24-12-17-4-3-5-22(30)27(17)34-24)15-26(37)33-18-6-8-19(9-7-18)39-20-10-11-21(29)23(31)13-20/h3-13,16,34H,14-15H2,1-2H3,(H,32,36)(H,33,37). The Labute approximate surface area is 221 Å². The Morgan fingerprint density at radius 3 is 2.21 bits per heavy atom. The minimum Gasteiger partial charge on any atom is -0.457 e. The van der Waals surface area contributed by atoms with Crippen LogP contribution in [0.5, 0.6) is 11.5 Å². The van der Waals surface area contributed by atoms with Gasteiger partial charge >= 0.3 is 0 Å². The highest BCUT2D eigenvalue weighted by Gasteiger charge is 2.24. The number of anilines is 1. The number of para-hydroxylation sites is 1. The minimum atomic E-state index is -1.05. The second kappa shape index (κ2) is 11.7. The number of fused-ring (bicyclic) bond motifs is 1. The zero-order valence-corrected chi connectivity index (χ0v) is 21.1. The molecule has 0 bridgehead atoms. The van der Waals surface area contributed by atoms with Crippen LogP contribution in [0.15, 0.2) is 66.7 Å². The molecule has 0 fully saturated rings. The van der Waals surface area contributed by atoms with Crippen molar-refractivity contribution in [2.45, 2.75) is 19.9 Å².